The van der Waals surface area contributed by atoms with Crippen molar-refractivity contribution < 1.29 is 38.9 Å². The summed E-state index contributed by atoms with van der Waals surface area (Å²) in [7, 11) is 0. The predicted octanol–water partition coefficient (Wildman–Crippen LogP) is 2.61. The molecule has 2 aromatic carbocycles. The van der Waals surface area contributed by atoms with Crippen LogP contribution in [0.15, 0.2) is 60.7 Å². The first kappa shape index (κ1) is 44.2. The molecule has 1 saturated heterocycles. The number of alkyl carbamates (subject to hydrolysis) is 2. The molecule has 2 aromatic rings. The van der Waals surface area contributed by atoms with E-state index in [1.807, 2.05) is 60.7 Å². The molecule has 1 fully saturated rings. The first-order valence-corrected chi connectivity index (χ1v) is 18.8. The number of β-amino-alcohol motifs (C(OH)–C–C–N with tert-alkyl or cyclic N) is 2. The van der Waals surface area contributed by atoms with Crippen molar-refractivity contribution in [2.75, 3.05) is 39.3 Å². The average molecular weight is 755 g/mol. The van der Waals surface area contributed by atoms with Gasteiger partial charge in [0.25, 0.3) is 0 Å². The third kappa shape index (κ3) is 16.4. The predicted molar refractivity (Wildman–Crippen MR) is 207 cm³/mol. The Morgan fingerprint density at radius 3 is 1.20 bits per heavy atom. The van der Waals surface area contributed by atoms with Crippen LogP contribution >= 0.6 is 0 Å². The van der Waals surface area contributed by atoms with E-state index in [2.05, 4.69) is 31.1 Å². The number of hydrogen-bond acceptors (Lipinski definition) is 10. The number of nitrogens with one attached hydrogen (secondary N) is 4. The van der Waals surface area contributed by atoms with Gasteiger partial charge < -0.3 is 41.0 Å². The molecule has 54 heavy (non-hydrogen) atoms. The molecule has 1 aliphatic rings. The minimum absolute atomic E-state index is 0.303. The van der Waals surface area contributed by atoms with Crippen LogP contribution in [0.4, 0.5) is 9.59 Å². The fraction of sp³-hybridized carbons (Fsp3) is 0.600. The molecule has 0 aromatic heterocycles. The van der Waals surface area contributed by atoms with Gasteiger partial charge >= 0.3 is 12.2 Å². The molecule has 0 radical (unpaired) electrons. The number of amides is 4. The van der Waals surface area contributed by atoms with Crippen molar-refractivity contribution >= 4 is 24.0 Å². The second kappa shape index (κ2) is 20.4. The highest BCUT2D eigenvalue weighted by atomic mass is 16.6. The quantitative estimate of drug-likeness (QED) is 0.149. The number of aliphatic hydroxyl groups is 2. The minimum Gasteiger partial charge on any atom is -0.444 e. The van der Waals surface area contributed by atoms with E-state index in [0.717, 1.165) is 11.1 Å². The third-order valence-electron chi connectivity index (χ3n) is 8.79. The lowest BCUT2D eigenvalue weighted by Crippen LogP contribution is -2.58. The van der Waals surface area contributed by atoms with Crippen LogP contribution in [0.5, 0.6) is 0 Å². The summed E-state index contributed by atoms with van der Waals surface area (Å²) in [5.74, 6) is -0.876. The van der Waals surface area contributed by atoms with Crippen LogP contribution in [0.25, 0.3) is 0 Å². The molecule has 1 aliphatic heterocycles. The topological polar surface area (TPSA) is 182 Å². The van der Waals surface area contributed by atoms with Gasteiger partial charge in [-0.3, -0.25) is 19.4 Å². The fourth-order valence-electron chi connectivity index (χ4n) is 5.96. The Morgan fingerprint density at radius 2 is 0.907 bits per heavy atom. The maximum absolute atomic E-state index is 13.2. The Kier molecular flexibility index (Phi) is 16.7. The van der Waals surface area contributed by atoms with E-state index in [1.165, 1.54) is 0 Å². The van der Waals surface area contributed by atoms with Gasteiger partial charge in [0.1, 0.15) is 23.3 Å². The SMILES string of the molecule is C[C@H](NC(=O)OC(C)(C)C)C(=O)N[C@@H](Cc1ccccc1)[C@H](O)CN1CCN(C[C@H](O)[C@@H](Cc2ccccc2)NC(=O)[C@H](C)NC(=O)OC(C)(C)C)CC1. The van der Waals surface area contributed by atoms with Gasteiger partial charge in [-0.15, -0.1) is 0 Å². The highest BCUT2D eigenvalue weighted by Gasteiger charge is 2.31. The van der Waals surface area contributed by atoms with Crippen LogP contribution in [0.3, 0.4) is 0 Å². The number of rotatable bonds is 16. The van der Waals surface area contributed by atoms with Crippen LogP contribution in [-0.4, -0.2) is 131 Å². The van der Waals surface area contributed by atoms with Gasteiger partial charge in [0.05, 0.1) is 24.3 Å². The number of aliphatic hydroxyl groups excluding tert-OH is 2. The van der Waals surface area contributed by atoms with Crippen LogP contribution in [0.1, 0.15) is 66.5 Å². The van der Waals surface area contributed by atoms with Gasteiger partial charge in [0, 0.05) is 39.3 Å². The van der Waals surface area contributed by atoms with E-state index in [0.29, 0.717) is 52.1 Å². The van der Waals surface area contributed by atoms with Gasteiger partial charge in [-0.05, 0) is 79.4 Å². The van der Waals surface area contributed by atoms with Crippen molar-refractivity contribution in [3.05, 3.63) is 71.8 Å². The Morgan fingerprint density at radius 1 is 0.593 bits per heavy atom. The Labute approximate surface area is 320 Å². The molecule has 0 unspecified atom stereocenters. The van der Waals surface area contributed by atoms with Crippen molar-refractivity contribution in [3.63, 3.8) is 0 Å². The molecule has 14 heteroatoms. The van der Waals surface area contributed by atoms with Crippen molar-refractivity contribution in [1.82, 2.24) is 31.1 Å². The van der Waals surface area contributed by atoms with E-state index < -0.39 is 71.6 Å². The average Bonchev–Trinajstić information content (AvgIpc) is 3.07. The molecule has 0 aliphatic carbocycles. The van der Waals surface area contributed by atoms with Crippen molar-refractivity contribution in [1.29, 1.82) is 0 Å². The van der Waals surface area contributed by atoms with Gasteiger partial charge in [0.2, 0.25) is 11.8 Å². The molecule has 0 saturated carbocycles. The zero-order chi connectivity index (χ0) is 40.1. The lowest BCUT2D eigenvalue weighted by Gasteiger charge is -2.38. The molecule has 3 rings (SSSR count). The summed E-state index contributed by atoms with van der Waals surface area (Å²) in [6.45, 7) is 16.6. The Bertz CT molecular complexity index is 1360. The summed E-state index contributed by atoms with van der Waals surface area (Å²) in [6, 6.07) is 16.1. The molecule has 300 valence electrons. The maximum Gasteiger partial charge on any atom is 0.408 e. The van der Waals surface area contributed by atoms with Crippen molar-refractivity contribution in [2.45, 2.75) is 116 Å². The molecular formula is C40H62N6O8. The lowest BCUT2D eigenvalue weighted by atomic mass is 9.99. The number of carbonyl (C=O) groups excluding carboxylic acids is 4. The van der Waals surface area contributed by atoms with Gasteiger partial charge in [-0.2, -0.15) is 0 Å². The van der Waals surface area contributed by atoms with Crippen LogP contribution < -0.4 is 21.3 Å². The van der Waals surface area contributed by atoms with Gasteiger partial charge in [-0.25, -0.2) is 9.59 Å². The Balaban J connectivity index is 1.59. The molecule has 1 heterocycles. The zero-order valence-electron chi connectivity index (χ0n) is 33.1. The number of nitrogens with zero attached hydrogens (tertiary/aromatic N) is 2. The molecule has 4 amide bonds. The second-order valence-corrected chi connectivity index (χ2v) is 16.1. The monoisotopic (exact) mass is 754 g/mol. The number of carbonyl (C=O) groups is 4. The van der Waals surface area contributed by atoms with Gasteiger partial charge in [-0.1, -0.05) is 60.7 Å². The van der Waals surface area contributed by atoms with E-state index in [1.54, 1.807) is 55.4 Å². The van der Waals surface area contributed by atoms with Crippen molar-refractivity contribution in [3.8, 4) is 0 Å². The first-order valence-electron chi connectivity index (χ1n) is 18.8. The summed E-state index contributed by atoms with van der Waals surface area (Å²) in [4.78, 5) is 55.1. The third-order valence-corrected chi connectivity index (χ3v) is 8.79. The van der Waals surface area contributed by atoms with Gasteiger partial charge in [0.15, 0.2) is 0 Å². The summed E-state index contributed by atoms with van der Waals surface area (Å²) in [5, 5.41) is 33.9. The Hall–Kier alpha value is -4.24. The largest absolute Gasteiger partial charge is 0.444 e. The highest BCUT2D eigenvalue weighted by Crippen LogP contribution is 2.14. The van der Waals surface area contributed by atoms with Crippen LogP contribution in [-0.2, 0) is 31.9 Å². The standard InChI is InChI=1S/C40H62N6O8/c1-27(41-37(51)53-39(3,4)5)35(49)43-31(23-29-15-11-9-12-16-29)33(47)25-45-19-21-46(22-20-45)26-34(48)32(24-30-17-13-10-14-18-30)44-36(50)28(2)42-38(52)54-40(6,7)8/h9-18,27-28,31-34,47-48H,19-26H2,1-8H3,(H,41,51)(H,42,52)(H,43,49)(H,44,50)/t27-,28-,31-,32+,33+,34-/m0/s1. The van der Waals surface area contributed by atoms with Crippen LogP contribution in [0.2, 0.25) is 0 Å². The van der Waals surface area contributed by atoms with E-state index in [4.69, 9.17) is 9.47 Å². The summed E-state index contributed by atoms with van der Waals surface area (Å²) in [6.07, 6.45) is -2.46. The van der Waals surface area contributed by atoms with Crippen LogP contribution in [0, 0.1) is 0 Å². The zero-order valence-corrected chi connectivity index (χ0v) is 33.1. The maximum atomic E-state index is 13.2. The normalized spacial score (nSPS) is 17.5. The molecule has 0 spiro atoms. The number of hydrogen-bond donors (Lipinski definition) is 6. The lowest BCUT2D eigenvalue weighted by molar-refractivity contribution is -0.125. The van der Waals surface area contributed by atoms with E-state index in [-0.39, 0.29) is 0 Å². The molecule has 0 bridgehead atoms. The summed E-state index contributed by atoms with van der Waals surface area (Å²) >= 11 is 0. The van der Waals surface area contributed by atoms with E-state index in [9.17, 15) is 29.4 Å². The first-order chi connectivity index (χ1) is 25.3. The highest BCUT2D eigenvalue weighted by molar-refractivity contribution is 5.86. The summed E-state index contributed by atoms with van der Waals surface area (Å²) < 4.78 is 10.6. The number of piperazine rings is 1. The number of ether oxygens (including phenoxy) is 2. The fourth-order valence-corrected chi connectivity index (χ4v) is 5.96. The van der Waals surface area contributed by atoms with E-state index >= 15 is 0 Å². The molecule has 6 atom stereocenters. The molecule has 6 N–H and O–H groups in total. The smallest absolute Gasteiger partial charge is 0.408 e. The molecule has 14 nitrogen and oxygen atoms in total. The number of benzene rings is 2. The molecular weight excluding hydrogens is 692 g/mol. The minimum atomic E-state index is -0.915. The summed E-state index contributed by atoms with van der Waals surface area (Å²) in [5.41, 5.74) is 0.464. The second-order valence-electron chi connectivity index (χ2n) is 16.1. The van der Waals surface area contributed by atoms with Crippen molar-refractivity contribution in [2.24, 2.45) is 0 Å².